The van der Waals surface area contributed by atoms with Crippen molar-refractivity contribution in [1.29, 1.82) is 0 Å². The first-order chi connectivity index (χ1) is 10.3. The first kappa shape index (κ1) is 17.8. The summed E-state index contributed by atoms with van der Waals surface area (Å²) in [6.07, 6.45) is -1.08. The van der Waals surface area contributed by atoms with Crippen molar-refractivity contribution in [2.24, 2.45) is 0 Å². The fraction of sp³-hybridized carbons (Fsp3) is 0. The number of hydrogen-bond donors (Lipinski definition) is 0. The van der Waals surface area contributed by atoms with Crippen molar-refractivity contribution in [1.82, 2.24) is 0 Å². The summed E-state index contributed by atoms with van der Waals surface area (Å²) >= 11 is 34.9. The molecule has 0 aliphatic rings. The van der Waals surface area contributed by atoms with E-state index in [-0.39, 0.29) is 41.6 Å². The van der Waals surface area contributed by atoms with E-state index in [4.69, 9.17) is 79.1 Å². The standard InChI is InChI=1S/C13H4Cl6O3/c14-5-1-9(18)11(3-7(5)16)21-13(20)22-12-4-8(17)6(15)2-10(12)19/h1-4H. The highest BCUT2D eigenvalue weighted by atomic mass is 35.5. The zero-order valence-corrected chi connectivity index (χ0v) is 14.8. The van der Waals surface area contributed by atoms with E-state index >= 15 is 0 Å². The first-order valence-electron chi connectivity index (χ1n) is 5.46. The van der Waals surface area contributed by atoms with Crippen LogP contribution in [0.2, 0.25) is 30.1 Å². The Bertz CT molecular complexity index is 686. The highest BCUT2D eigenvalue weighted by molar-refractivity contribution is 6.44. The van der Waals surface area contributed by atoms with Crippen LogP contribution in [0.1, 0.15) is 0 Å². The summed E-state index contributed by atoms with van der Waals surface area (Å²) in [6.45, 7) is 0. The van der Waals surface area contributed by atoms with E-state index in [0.29, 0.717) is 0 Å². The Labute approximate surface area is 155 Å². The lowest BCUT2D eigenvalue weighted by molar-refractivity contribution is 0.152. The van der Waals surface area contributed by atoms with Gasteiger partial charge in [0.1, 0.15) is 0 Å². The molecule has 0 N–H and O–H groups in total. The zero-order chi connectivity index (χ0) is 16.4. The molecule has 0 saturated carbocycles. The maximum atomic E-state index is 11.8. The van der Waals surface area contributed by atoms with E-state index in [1.54, 1.807) is 0 Å². The molecule has 2 aromatic rings. The van der Waals surface area contributed by atoms with Crippen LogP contribution in [-0.2, 0) is 0 Å². The maximum Gasteiger partial charge on any atom is 0.519 e. The third-order valence-corrected chi connectivity index (χ3v) is 4.37. The molecule has 0 heterocycles. The SMILES string of the molecule is O=C(Oc1cc(Cl)c(Cl)cc1Cl)Oc1cc(Cl)c(Cl)cc1Cl. The van der Waals surface area contributed by atoms with Gasteiger partial charge in [-0.25, -0.2) is 4.79 Å². The van der Waals surface area contributed by atoms with Crippen molar-refractivity contribution in [2.45, 2.75) is 0 Å². The molecule has 0 radical (unpaired) electrons. The van der Waals surface area contributed by atoms with Crippen LogP contribution in [0.25, 0.3) is 0 Å². The second kappa shape index (κ2) is 7.35. The van der Waals surface area contributed by atoms with Gasteiger partial charge in [-0.3, -0.25) is 0 Å². The average Bonchev–Trinajstić information content (AvgIpc) is 2.42. The Balaban J connectivity index is 2.17. The van der Waals surface area contributed by atoms with Gasteiger partial charge >= 0.3 is 6.16 Å². The molecule has 0 aliphatic carbocycles. The Kier molecular flexibility index (Phi) is 5.94. The molecule has 0 unspecified atom stereocenters. The lowest BCUT2D eigenvalue weighted by Crippen LogP contribution is -2.14. The fourth-order valence-electron chi connectivity index (χ4n) is 1.37. The molecule has 0 spiro atoms. The summed E-state index contributed by atoms with van der Waals surface area (Å²) in [7, 11) is 0. The van der Waals surface area contributed by atoms with Gasteiger partial charge in [-0.2, -0.15) is 0 Å². The summed E-state index contributed by atoms with van der Waals surface area (Å²) in [6, 6.07) is 5.23. The normalized spacial score (nSPS) is 10.5. The Hall–Kier alpha value is -0.550. The predicted molar refractivity (Wildman–Crippen MR) is 89.6 cm³/mol. The van der Waals surface area contributed by atoms with E-state index in [2.05, 4.69) is 0 Å². The minimum atomic E-state index is -1.08. The van der Waals surface area contributed by atoms with Crippen molar-refractivity contribution < 1.29 is 14.3 Å². The van der Waals surface area contributed by atoms with Gasteiger partial charge in [0.15, 0.2) is 11.5 Å². The first-order valence-corrected chi connectivity index (χ1v) is 7.73. The van der Waals surface area contributed by atoms with Crippen molar-refractivity contribution in [3.63, 3.8) is 0 Å². The lowest BCUT2D eigenvalue weighted by atomic mass is 10.3. The van der Waals surface area contributed by atoms with E-state index in [1.807, 2.05) is 0 Å². The minimum absolute atomic E-state index is 0.0164. The largest absolute Gasteiger partial charge is 0.519 e. The molecule has 2 rings (SSSR count). The van der Waals surface area contributed by atoms with Crippen molar-refractivity contribution >= 4 is 75.8 Å². The van der Waals surface area contributed by atoms with E-state index < -0.39 is 6.16 Å². The highest BCUT2D eigenvalue weighted by Gasteiger charge is 2.16. The molecule has 0 amide bonds. The maximum absolute atomic E-state index is 11.8. The van der Waals surface area contributed by atoms with Crippen LogP contribution < -0.4 is 9.47 Å². The van der Waals surface area contributed by atoms with Gasteiger partial charge in [0, 0.05) is 12.1 Å². The highest BCUT2D eigenvalue weighted by Crippen LogP contribution is 2.36. The van der Waals surface area contributed by atoms with Gasteiger partial charge in [0.05, 0.1) is 30.1 Å². The topological polar surface area (TPSA) is 35.5 Å². The second-order valence-corrected chi connectivity index (χ2v) is 6.29. The van der Waals surface area contributed by atoms with Crippen molar-refractivity contribution in [3.05, 3.63) is 54.4 Å². The monoisotopic (exact) mass is 418 g/mol. The smallest absolute Gasteiger partial charge is 0.393 e. The lowest BCUT2D eigenvalue weighted by Gasteiger charge is -2.09. The van der Waals surface area contributed by atoms with Crippen LogP contribution in [0, 0.1) is 0 Å². The van der Waals surface area contributed by atoms with Crippen LogP contribution in [0.3, 0.4) is 0 Å². The zero-order valence-electron chi connectivity index (χ0n) is 10.3. The van der Waals surface area contributed by atoms with E-state index in [1.165, 1.54) is 24.3 Å². The van der Waals surface area contributed by atoms with Crippen LogP contribution in [-0.4, -0.2) is 6.16 Å². The molecule has 0 atom stereocenters. The number of hydrogen-bond acceptors (Lipinski definition) is 3. The minimum Gasteiger partial charge on any atom is -0.393 e. The van der Waals surface area contributed by atoms with Crippen LogP contribution >= 0.6 is 69.6 Å². The number of ether oxygens (including phenoxy) is 2. The quantitative estimate of drug-likeness (QED) is 0.293. The van der Waals surface area contributed by atoms with Gasteiger partial charge in [-0.05, 0) is 12.1 Å². The van der Waals surface area contributed by atoms with Crippen molar-refractivity contribution in [2.75, 3.05) is 0 Å². The molecule has 0 bridgehead atoms. The predicted octanol–water partition coefficient (Wildman–Crippen LogP) is 7.18. The summed E-state index contributed by atoms with van der Waals surface area (Å²) in [5, 5.41) is 0.959. The molecule has 116 valence electrons. The number of carbonyl (C=O) groups is 1. The molecule has 2 aromatic carbocycles. The molecule has 9 heteroatoms. The number of carbonyl (C=O) groups excluding carboxylic acids is 1. The molecular weight excluding hydrogens is 417 g/mol. The summed E-state index contributed by atoms with van der Waals surface area (Å²) in [5.74, 6) is -0.0329. The molecule has 0 fully saturated rings. The van der Waals surface area contributed by atoms with Gasteiger partial charge < -0.3 is 9.47 Å². The molecule has 3 nitrogen and oxygen atoms in total. The molecule has 22 heavy (non-hydrogen) atoms. The van der Waals surface area contributed by atoms with Gasteiger partial charge in [0.25, 0.3) is 0 Å². The average molecular weight is 421 g/mol. The number of rotatable bonds is 2. The molecule has 0 saturated heterocycles. The molecular formula is C13H4Cl6O3. The summed E-state index contributed by atoms with van der Waals surface area (Å²) in [4.78, 5) is 11.8. The van der Waals surface area contributed by atoms with Crippen LogP contribution in [0.5, 0.6) is 11.5 Å². The molecule has 0 aromatic heterocycles. The second-order valence-electron chi connectivity index (χ2n) is 3.85. The van der Waals surface area contributed by atoms with Gasteiger partial charge in [-0.1, -0.05) is 69.6 Å². The number of benzene rings is 2. The third kappa shape index (κ3) is 4.25. The van der Waals surface area contributed by atoms with Gasteiger partial charge in [0.2, 0.25) is 0 Å². The number of halogens is 6. The van der Waals surface area contributed by atoms with Crippen LogP contribution in [0.15, 0.2) is 24.3 Å². The third-order valence-electron chi connectivity index (χ3n) is 2.34. The van der Waals surface area contributed by atoms with E-state index in [9.17, 15) is 4.79 Å². The van der Waals surface area contributed by atoms with Crippen LogP contribution in [0.4, 0.5) is 4.79 Å². The molecule has 0 aliphatic heterocycles. The Morgan fingerprint density at radius 3 is 1.27 bits per heavy atom. The Morgan fingerprint density at radius 2 is 0.909 bits per heavy atom. The summed E-state index contributed by atoms with van der Waals surface area (Å²) in [5.41, 5.74) is 0. The van der Waals surface area contributed by atoms with Crippen molar-refractivity contribution in [3.8, 4) is 11.5 Å². The fourth-order valence-corrected chi connectivity index (χ4v) is 2.52. The van der Waals surface area contributed by atoms with E-state index in [0.717, 1.165) is 0 Å². The Morgan fingerprint density at radius 1 is 0.591 bits per heavy atom. The van der Waals surface area contributed by atoms with Gasteiger partial charge in [-0.15, -0.1) is 0 Å². The summed E-state index contributed by atoms with van der Waals surface area (Å²) < 4.78 is 9.88.